The Hall–Kier alpha value is -1.72. The first-order chi connectivity index (χ1) is 9.42. The van der Waals surface area contributed by atoms with Crippen LogP contribution in [-0.4, -0.2) is 8.42 Å². The number of hydrogen-bond donors (Lipinski definition) is 2. The molecule has 0 fully saturated rings. The molecule has 0 aliphatic carbocycles. The highest BCUT2D eigenvalue weighted by Crippen LogP contribution is 2.24. The van der Waals surface area contributed by atoms with E-state index in [0.29, 0.717) is 16.4 Å². The minimum absolute atomic E-state index is 0.211. The van der Waals surface area contributed by atoms with E-state index >= 15 is 0 Å². The molecule has 0 amide bonds. The van der Waals surface area contributed by atoms with Crippen molar-refractivity contribution in [3.05, 3.63) is 53.1 Å². The zero-order chi connectivity index (χ0) is 14.8. The van der Waals surface area contributed by atoms with Crippen LogP contribution < -0.4 is 10.5 Å². The van der Waals surface area contributed by atoms with E-state index in [1.54, 1.807) is 36.4 Å². The van der Waals surface area contributed by atoms with Gasteiger partial charge in [-0.3, -0.25) is 4.72 Å². The first-order valence-electron chi connectivity index (χ1n) is 6.09. The van der Waals surface area contributed by atoms with Crippen LogP contribution >= 0.6 is 11.6 Å². The molecule has 0 saturated heterocycles. The Balaban J connectivity index is 2.27. The molecule has 2 rings (SSSR count). The van der Waals surface area contributed by atoms with Gasteiger partial charge in [-0.05, 0) is 42.3 Å². The van der Waals surface area contributed by atoms with Gasteiger partial charge in [-0.2, -0.15) is 0 Å². The topological polar surface area (TPSA) is 72.2 Å². The molecule has 0 unspecified atom stereocenters. The van der Waals surface area contributed by atoms with Gasteiger partial charge in [-0.1, -0.05) is 30.7 Å². The van der Waals surface area contributed by atoms with Crippen molar-refractivity contribution in [1.29, 1.82) is 0 Å². The molecule has 0 aromatic heterocycles. The smallest absolute Gasteiger partial charge is 0.261 e. The summed E-state index contributed by atoms with van der Waals surface area (Å²) in [7, 11) is -3.62. The maximum absolute atomic E-state index is 12.2. The van der Waals surface area contributed by atoms with Crippen molar-refractivity contribution in [3.8, 4) is 0 Å². The predicted octanol–water partition coefficient (Wildman–Crippen LogP) is 3.29. The standard InChI is InChI=1S/C14H15ClN2O2S/c1-2-10-3-6-12(7-4-10)20(18,19)17-11-5-8-13(15)14(16)9-11/h3-9,17H,2,16H2,1H3. The van der Waals surface area contributed by atoms with Gasteiger partial charge >= 0.3 is 0 Å². The monoisotopic (exact) mass is 310 g/mol. The number of hydrogen-bond acceptors (Lipinski definition) is 3. The van der Waals surface area contributed by atoms with E-state index in [4.69, 9.17) is 17.3 Å². The molecule has 0 aliphatic rings. The van der Waals surface area contributed by atoms with Gasteiger partial charge in [0.15, 0.2) is 0 Å². The second-order valence-electron chi connectivity index (χ2n) is 4.34. The molecule has 6 heteroatoms. The summed E-state index contributed by atoms with van der Waals surface area (Å²) in [6, 6.07) is 11.4. The zero-order valence-corrected chi connectivity index (χ0v) is 12.5. The summed E-state index contributed by atoms with van der Waals surface area (Å²) in [6.45, 7) is 2.01. The number of nitrogens with two attached hydrogens (primary N) is 1. The van der Waals surface area contributed by atoms with Gasteiger partial charge in [0.05, 0.1) is 21.3 Å². The molecule has 3 N–H and O–H groups in total. The predicted molar refractivity (Wildman–Crippen MR) is 82.5 cm³/mol. The van der Waals surface area contributed by atoms with Gasteiger partial charge in [0.2, 0.25) is 0 Å². The lowest BCUT2D eigenvalue weighted by molar-refractivity contribution is 0.601. The first-order valence-corrected chi connectivity index (χ1v) is 7.95. The highest BCUT2D eigenvalue weighted by Gasteiger charge is 2.14. The van der Waals surface area contributed by atoms with Crippen molar-refractivity contribution in [2.45, 2.75) is 18.2 Å². The van der Waals surface area contributed by atoms with Gasteiger partial charge < -0.3 is 5.73 Å². The molecule has 20 heavy (non-hydrogen) atoms. The second-order valence-corrected chi connectivity index (χ2v) is 6.43. The lowest BCUT2D eigenvalue weighted by Gasteiger charge is -2.09. The number of aryl methyl sites for hydroxylation is 1. The molecule has 2 aromatic carbocycles. The zero-order valence-electron chi connectivity index (χ0n) is 10.9. The number of halogens is 1. The van der Waals surface area contributed by atoms with Crippen molar-refractivity contribution in [1.82, 2.24) is 0 Å². The molecule has 0 spiro atoms. The SMILES string of the molecule is CCc1ccc(S(=O)(=O)Nc2ccc(Cl)c(N)c2)cc1. The number of rotatable bonds is 4. The number of nitrogens with one attached hydrogen (secondary N) is 1. The summed E-state index contributed by atoms with van der Waals surface area (Å²) < 4.78 is 26.9. The molecule has 0 radical (unpaired) electrons. The van der Waals surface area contributed by atoms with Gasteiger partial charge in [0.25, 0.3) is 10.0 Å². The Morgan fingerprint density at radius 2 is 1.80 bits per heavy atom. The van der Waals surface area contributed by atoms with Crippen LogP contribution in [0, 0.1) is 0 Å². The fraction of sp³-hybridized carbons (Fsp3) is 0.143. The van der Waals surface area contributed by atoms with E-state index < -0.39 is 10.0 Å². The summed E-state index contributed by atoms with van der Waals surface area (Å²) in [5.41, 5.74) is 7.44. The van der Waals surface area contributed by atoms with Gasteiger partial charge in [0, 0.05) is 0 Å². The van der Waals surface area contributed by atoms with E-state index in [2.05, 4.69) is 4.72 Å². The second kappa shape index (κ2) is 5.73. The van der Waals surface area contributed by atoms with E-state index in [-0.39, 0.29) is 4.90 Å². The van der Waals surface area contributed by atoms with Crippen LogP contribution in [0.1, 0.15) is 12.5 Å². The highest BCUT2D eigenvalue weighted by molar-refractivity contribution is 7.92. The fourth-order valence-electron chi connectivity index (χ4n) is 1.73. The number of nitrogen functional groups attached to an aromatic ring is 1. The van der Waals surface area contributed by atoms with E-state index in [1.807, 2.05) is 6.92 Å². The third kappa shape index (κ3) is 3.23. The van der Waals surface area contributed by atoms with E-state index in [9.17, 15) is 8.42 Å². The minimum Gasteiger partial charge on any atom is -0.397 e. The Labute approximate surface area is 123 Å². The summed E-state index contributed by atoms with van der Waals surface area (Å²) in [6.07, 6.45) is 0.863. The van der Waals surface area contributed by atoms with Crippen molar-refractivity contribution < 1.29 is 8.42 Å². The van der Waals surface area contributed by atoms with Gasteiger partial charge in [0.1, 0.15) is 0 Å². The van der Waals surface area contributed by atoms with Crippen molar-refractivity contribution >= 4 is 33.0 Å². The van der Waals surface area contributed by atoms with Crippen LogP contribution in [0.25, 0.3) is 0 Å². The van der Waals surface area contributed by atoms with E-state index in [1.165, 1.54) is 6.07 Å². The maximum Gasteiger partial charge on any atom is 0.261 e. The van der Waals surface area contributed by atoms with Crippen molar-refractivity contribution in [3.63, 3.8) is 0 Å². The maximum atomic E-state index is 12.2. The Morgan fingerprint density at radius 3 is 2.35 bits per heavy atom. The molecular formula is C14H15ClN2O2S. The summed E-state index contributed by atoms with van der Waals surface area (Å²) in [5, 5.41) is 0.389. The summed E-state index contributed by atoms with van der Waals surface area (Å²) in [4.78, 5) is 0.211. The normalized spacial score (nSPS) is 11.3. The van der Waals surface area contributed by atoms with Crippen LogP contribution in [0.15, 0.2) is 47.4 Å². The molecule has 0 aliphatic heterocycles. The van der Waals surface area contributed by atoms with Crippen LogP contribution in [0.5, 0.6) is 0 Å². The average Bonchev–Trinajstić information content (AvgIpc) is 2.43. The molecule has 0 heterocycles. The van der Waals surface area contributed by atoms with Crippen molar-refractivity contribution in [2.24, 2.45) is 0 Å². The quantitative estimate of drug-likeness (QED) is 0.851. The number of anilines is 2. The van der Waals surface area contributed by atoms with Gasteiger partial charge in [-0.25, -0.2) is 8.42 Å². The van der Waals surface area contributed by atoms with Crippen LogP contribution in [0.3, 0.4) is 0 Å². The van der Waals surface area contributed by atoms with E-state index in [0.717, 1.165) is 12.0 Å². The molecule has 0 bridgehead atoms. The Morgan fingerprint density at radius 1 is 1.15 bits per heavy atom. The highest BCUT2D eigenvalue weighted by atomic mass is 35.5. The molecule has 0 atom stereocenters. The van der Waals surface area contributed by atoms with Gasteiger partial charge in [-0.15, -0.1) is 0 Å². The largest absolute Gasteiger partial charge is 0.397 e. The first kappa shape index (κ1) is 14.7. The minimum atomic E-state index is -3.62. The number of sulfonamides is 1. The molecule has 0 saturated carbocycles. The summed E-state index contributed by atoms with van der Waals surface area (Å²) in [5.74, 6) is 0. The third-order valence-corrected chi connectivity index (χ3v) is 4.63. The van der Waals surface area contributed by atoms with Crippen LogP contribution in [0.4, 0.5) is 11.4 Å². The molecular weight excluding hydrogens is 296 g/mol. The Bertz CT molecular complexity index is 712. The van der Waals surface area contributed by atoms with Crippen LogP contribution in [-0.2, 0) is 16.4 Å². The lowest BCUT2D eigenvalue weighted by Crippen LogP contribution is -2.13. The number of benzene rings is 2. The average molecular weight is 311 g/mol. The molecule has 2 aromatic rings. The Kier molecular flexibility index (Phi) is 4.20. The fourth-order valence-corrected chi connectivity index (χ4v) is 2.89. The molecule has 106 valence electrons. The lowest BCUT2D eigenvalue weighted by atomic mass is 10.2. The third-order valence-electron chi connectivity index (χ3n) is 2.89. The van der Waals surface area contributed by atoms with Crippen molar-refractivity contribution in [2.75, 3.05) is 10.5 Å². The molecule has 4 nitrogen and oxygen atoms in total. The summed E-state index contributed by atoms with van der Waals surface area (Å²) >= 11 is 5.80. The van der Waals surface area contributed by atoms with Crippen LogP contribution in [0.2, 0.25) is 5.02 Å².